The number of hydrogen-bond donors (Lipinski definition) is 0. The summed E-state index contributed by atoms with van der Waals surface area (Å²) < 4.78 is 0. The lowest BCUT2D eigenvalue weighted by atomic mass is 9.98. The highest BCUT2D eigenvalue weighted by Crippen LogP contribution is 2.30. The first-order valence-electron chi connectivity index (χ1n) is 9.70. The molecule has 142 valence electrons. The quantitative estimate of drug-likeness (QED) is 0.667. The van der Waals surface area contributed by atoms with Crippen LogP contribution in [0.3, 0.4) is 0 Å². The number of anilines is 2. The number of aromatic nitrogens is 1. The molecule has 1 aliphatic heterocycles. The van der Waals surface area contributed by atoms with E-state index in [-0.39, 0.29) is 11.8 Å². The van der Waals surface area contributed by atoms with Crippen molar-refractivity contribution >= 4 is 17.3 Å². The summed E-state index contributed by atoms with van der Waals surface area (Å²) >= 11 is 0. The number of carbonyl (C=O) groups excluding carboxylic acids is 1. The zero-order chi connectivity index (χ0) is 19.5. The van der Waals surface area contributed by atoms with E-state index in [2.05, 4.69) is 46.3 Å². The molecule has 1 saturated heterocycles. The second kappa shape index (κ2) is 7.85. The van der Waals surface area contributed by atoms with Crippen LogP contribution in [0.5, 0.6) is 0 Å². The summed E-state index contributed by atoms with van der Waals surface area (Å²) in [6.45, 7) is 0.786. The Morgan fingerprint density at radius 3 is 2.21 bits per heavy atom. The maximum absolute atomic E-state index is 12.9. The largest absolute Gasteiger partial charge is 0.378 e. The van der Waals surface area contributed by atoms with Gasteiger partial charge >= 0.3 is 0 Å². The van der Waals surface area contributed by atoms with Gasteiger partial charge in [0.25, 0.3) is 0 Å². The fourth-order valence-corrected chi connectivity index (χ4v) is 3.78. The molecular weight excluding hydrogens is 346 g/mol. The summed E-state index contributed by atoms with van der Waals surface area (Å²) in [5.74, 6) is 0.290. The van der Waals surface area contributed by atoms with Crippen molar-refractivity contribution in [2.45, 2.75) is 12.8 Å². The highest BCUT2D eigenvalue weighted by molar-refractivity contribution is 5.97. The van der Waals surface area contributed by atoms with Crippen molar-refractivity contribution in [3.05, 3.63) is 78.6 Å². The van der Waals surface area contributed by atoms with Gasteiger partial charge in [0.1, 0.15) is 0 Å². The molecule has 1 aliphatic rings. The van der Waals surface area contributed by atoms with Crippen molar-refractivity contribution in [2.24, 2.45) is 5.92 Å². The Labute approximate surface area is 166 Å². The topological polar surface area (TPSA) is 36.4 Å². The maximum atomic E-state index is 12.9. The van der Waals surface area contributed by atoms with Crippen LogP contribution in [0.15, 0.2) is 73.1 Å². The van der Waals surface area contributed by atoms with Crippen LogP contribution in [-0.2, 0) is 11.2 Å². The summed E-state index contributed by atoms with van der Waals surface area (Å²) in [7, 11) is 4.07. The lowest BCUT2D eigenvalue weighted by molar-refractivity contribution is -0.120. The zero-order valence-electron chi connectivity index (χ0n) is 16.4. The second-order valence-electron chi connectivity index (χ2n) is 7.52. The molecule has 4 nitrogen and oxygen atoms in total. The van der Waals surface area contributed by atoms with Gasteiger partial charge in [-0.1, -0.05) is 24.3 Å². The smallest absolute Gasteiger partial charge is 0.230 e. The van der Waals surface area contributed by atoms with Gasteiger partial charge < -0.3 is 9.80 Å². The molecule has 2 aromatic carbocycles. The normalized spacial score (nSPS) is 16.4. The fraction of sp³-hybridized carbons (Fsp3) is 0.250. The van der Waals surface area contributed by atoms with E-state index in [0.29, 0.717) is 0 Å². The minimum atomic E-state index is 0.0603. The zero-order valence-corrected chi connectivity index (χ0v) is 16.4. The van der Waals surface area contributed by atoms with E-state index in [0.717, 1.165) is 36.2 Å². The van der Waals surface area contributed by atoms with Gasteiger partial charge in [-0.15, -0.1) is 0 Å². The Hall–Kier alpha value is -3.14. The Balaban J connectivity index is 1.44. The van der Waals surface area contributed by atoms with Crippen LogP contribution < -0.4 is 9.80 Å². The third-order valence-electron chi connectivity index (χ3n) is 5.44. The molecule has 0 radical (unpaired) electrons. The van der Waals surface area contributed by atoms with Crippen LogP contribution in [0.1, 0.15) is 12.0 Å². The van der Waals surface area contributed by atoms with Gasteiger partial charge in [0.05, 0.1) is 0 Å². The van der Waals surface area contributed by atoms with E-state index >= 15 is 0 Å². The molecule has 2 heterocycles. The van der Waals surface area contributed by atoms with Crippen LogP contribution >= 0.6 is 0 Å². The number of hydrogen-bond acceptors (Lipinski definition) is 3. The molecule has 28 heavy (non-hydrogen) atoms. The second-order valence-corrected chi connectivity index (χ2v) is 7.52. The van der Waals surface area contributed by atoms with Crippen LogP contribution in [0.2, 0.25) is 0 Å². The van der Waals surface area contributed by atoms with Gasteiger partial charge in [-0.05, 0) is 65.9 Å². The summed E-state index contributed by atoms with van der Waals surface area (Å²) in [6, 6.07) is 20.7. The summed E-state index contributed by atoms with van der Waals surface area (Å²) in [5, 5.41) is 0. The maximum Gasteiger partial charge on any atom is 0.230 e. The first-order chi connectivity index (χ1) is 13.6. The minimum absolute atomic E-state index is 0.0603. The lowest BCUT2D eigenvalue weighted by Gasteiger charge is -2.18. The summed E-state index contributed by atoms with van der Waals surface area (Å²) in [5.41, 5.74) is 5.65. The minimum Gasteiger partial charge on any atom is -0.378 e. The van der Waals surface area contributed by atoms with Gasteiger partial charge in [-0.3, -0.25) is 9.78 Å². The molecule has 0 bridgehead atoms. The number of amides is 1. The van der Waals surface area contributed by atoms with E-state index in [1.54, 1.807) is 12.4 Å². The highest BCUT2D eigenvalue weighted by Gasteiger charge is 2.32. The van der Waals surface area contributed by atoms with Crippen LogP contribution in [0, 0.1) is 5.92 Å². The highest BCUT2D eigenvalue weighted by atomic mass is 16.2. The van der Waals surface area contributed by atoms with Crippen molar-refractivity contribution in [1.82, 2.24) is 4.98 Å². The van der Waals surface area contributed by atoms with Crippen molar-refractivity contribution in [2.75, 3.05) is 30.4 Å². The standard InChI is InChI=1S/C24H25N3O/c1-26(2)22-7-3-18(4-8-22)17-21-13-16-27(24(21)28)23-9-5-19(6-10-23)20-11-14-25-15-12-20/h3-12,14-15,21H,13,16-17H2,1-2H3. The Morgan fingerprint density at radius 1 is 0.929 bits per heavy atom. The number of carbonyl (C=O) groups is 1. The average molecular weight is 371 g/mol. The molecule has 0 spiro atoms. The fourth-order valence-electron chi connectivity index (χ4n) is 3.78. The Morgan fingerprint density at radius 2 is 1.57 bits per heavy atom. The number of pyridine rings is 1. The van der Waals surface area contributed by atoms with E-state index in [9.17, 15) is 4.79 Å². The Bertz CT molecular complexity index is 934. The molecule has 3 aromatic rings. The van der Waals surface area contributed by atoms with Crippen molar-refractivity contribution in [1.29, 1.82) is 0 Å². The molecule has 0 saturated carbocycles. The average Bonchev–Trinajstić information content (AvgIpc) is 3.09. The predicted molar refractivity (Wildman–Crippen MR) is 115 cm³/mol. The molecule has 1 aromatic heterocycles. The van der Waals surface area contributed by atoms with E-state index in [4.69, 9.17) is 0 Å². The van der Waals surface area contributed by atoms with E-state index in [1.807, 2.05) is 43.3 Å². The van der Waals surface area contributed by atoms with Crippen molar-refractivity contribution in [3.63, 3.8) is 0 Å². The van der Waals surface area contributed by atoms with Crippen LogP contribution in [0.25, 0.3) is 11.1 Å². The van der Waals surface area contributed by atoms with Gasteiger partial charge in [0.2, 0.25) is 5.91 Å². The number of benzene rings is 2. The van der Waals surface area contributed by atoms with Crippen LogP contribution in [0.4, 0.5) is 11.4 Å². The van der Waals surface area contributed by atoms with Crippen molar-refractivity contribution < 1.29 is 4.79 Å². The molecule has 0 aliphatic carbocycles. The molecule has 0 N–H and O–H groups in total. The molecule has 1 amide bonds. The SMILES string of the molecule is CN(C)c1ccc(CC2CCN(c3ccc(-c4ccncc4)cc3)C2=O)cc1. The monoisotopic (exact) mass is 371 g/mol. The number of nitrogens with zero attached hydrogens (tertiary/aromatic N) is 3. The van der Waals surface area contributed by atoms with Crippen molar-refractivity contribution in [3.8, 4) is 11.1 Å². The van der Waals surface area contributed by atoms with Gasteiger partial charge in [0.15, 0.2) is 0 Å². The molecule has 1 atom stereocenters. The van der Waals surface area contributed by atoms with E-state index < -0.39 is 0 Å². The first-order valence-corrected chi connectivity index (χ1v) is 9.70. The first kappa shape index (κ1) is 18.2. The van der Waals surface area contributed by atoms with Crippen LogP contribution in [-0.4, -0.2) is 31.5 Å². The van der Waals surface area contributed by atoms with Gasteiger partial charge in [-0.25, -0.2) is 0 Å². The lowest BCUT2D eigenvalue weighted by Crippen LogP contribution is -2.27. The Kier molecular flexibility index (Phi) is 5.11. The third kappa shape index (κ3) is 3.77. The molecule has 4 rings (SSSR count). The molecular formula is C24H25N3O. The predicted octanol–water partition coefficient (Wildman–Crippen LogP) is 4.41. The molecule has 4 heteroatoms. The molecule has 1 fully saturated rings. The third-order valence-corrected chi connectivity index (χ3v) is 5.44. The van der Waals surface area contributed by atoms with Gasteiger partial charge in [0, 0.05) is 50.3 Å². The van der Waals surface area contributed by atoms with Gasteiger partial charge in [-0.2, -0.15) is 0 Å². The molecule has 1 unspecified atom stereocenters. The summed E-state index contributed by atoms with van der Waals surface area (Å²) in [4.78, 5) is 21.0. The van der Waals surface area contributed by atoms with E-state index in [1.165, 1.54) is 11.3 Å². The summed E-state index contributed by atoms with van der Waals surface area (Å²) in [6.07, 6.45) is 5.30. The number of rotatable bonds is 5.